The molecule has 6 rings (SSSR count). The molecule has 2 saturated carbocycles. The molecule has 4 aromatic rings. The molecular weight excluding hydrogens is 472 g/mol. The van der Waals surface area contributed by atoms with Gasteiger partial charge < -0.3 is 25.4 Å². The summed E-state index contributed by atoms with van der Waals surface area (Å²) in [5.74, 6) is 0.475. The third-order valence-electron chi connectivity index (χ3n) is 7.61. The van der Waals surface area contributed by atoms with E-state index in [4.69, 9.17) is 9.97 Å². The Bertz CT molecular complexity index is 1520. The van der Waals surface area contributed by atoms with Gasteiger partial charge in [-0.2, -0.15) is 0 Å². The third-order valence-corrected chi connectivity index (χ3v) is 7.61. The summed E-state index contributed by atoms with van der Waals surface area (Å²) in [7, 11) is 1.54. The van der Waals surface area contributed by atoms with E-state index in [1.807, 2.05) is 32.0 Å². The number of pyridine rings is 2. The second-order valence-electron chi connectivity index (χ2n) is 10.0. The number of aliphatic hydroxyl groups excluding tert-OH is 2. The van der Waals surface area contributed by atoms with Gasteiger partial charge in [0.05, 0.1) is 36.1 Å². The molecule has 1 amide bonds. The first-order chi connectivity index (χ1) is 17.8. The highest BCUT2D eigenvalue weighted by Gasteiger charge is 2.75. The molecule has 0 bridgehead atoms. The Labute approximate surface area is 213 Å². The van der Waals surface area contributed by atoms with E-state index in [1.165, 1.54) is 0 Å². The van der Waals surface area contributed by atoms with Gasteiger partial charge in [-0.25, -0.2) is 15.0 Å². The molecule has 2 aliphatic carbocycles. The van der Waals surface area contributed by atoms with E-state index in [1.54, 1.807) is 36.5 Å². The van der Waals surface area contributed by atoms with Gasteiger partial charge in [0.2, 0.25) is 5.91 Å². The molecule has 2 fully saturated rings. The van der Waals surface area contributed by atoms with Crippen molar-refractivity contribution in [1.29, 1.82) is 0 Å². The number of aromatic nitrogens is 6. The maximum Gasteiger partial charge on any atom is 0.229 e. The first kappa shape index (κ1) is 23.4. The summed E-state index contributed by atoms with van der Waals surface area (Å²) >= 11 is 0. The fourth-order valence-corrected chi connectivity index (χ4v) is 5.72. The molecule has 0 spiro atoms. The number of imidazole rings is 1. The first-order valence-electron chi connectivity index (χ1n) is 12.2. The number of carbonyl (C=O) groups excluding carboxylic acids is 1. The van der Waals surface area contributed by atoms with Gasteiger partial charge in [0, 0.05) is 37.1 Å². The van der Waals surface area contributed by atoms with E-state index in [9.17, 15) is 15.0 Å². The minimum absolute atomic E-state index is 0.234. The van der Waals surface area contributed by atoms with Gasteiger partial charge in [-0.3, -0.25) is 14.8 Å². The number of hydrogen-bond donors (Lipinski definition) is 4. The highest BCUT2D eigenvalue weighted by molar-refractivity contribution is 5.88. The van der Waals surface area contributed by atoms with Crippen LogP contribution in [0.25, 0.3) is 22.6 Å². The summed E-state index contributed by atoms with van der Waals surface area (Å²) in [6.45, 7) is 4.39. The maximum absolute atomic E-state index is 12.6. The number of nitrogens with zero attached hydrogens (tertiary/aromatic N) is 6. The Balaban J connectivity index is 1.45. The molecular formula is C26H28N8O3. The second-order valence-corrected chi connectivity index (χ2v) is 10.0. The van der Waals surface area contributed by atoms with Crippen LogP contribution in [0.2, 0.25) is 0 Å². The lowest BCUT2D eigenvalue weighted by Gasteiger charge is -2.23. The van der Waals surface area contributed by atoms with Crippen LogP contribution in [-0.4, -0.2) is 64.9 Å². The van der Waals surface area contributed by atoms with Gasteiger partial charge >= 0.3 is 0 Å². The molecule has 4 heterocycles. The maximum atomic E-state index is 12.6. The molecule has 1 unspecified atom stereocenters. The number of fused-ring (bicyclic) bond motifs is 2. The van der Waals surface area contributed by atoms with Gasteiger partial charge in [0.1, 0.15) is 11.6 Å². The highest BCUT2D eigenvalue weighted by Crippen LogP contribution is 2.67. The second kappa shape index (κ2) is 8.56. The van der Waals surface area contributed by atoms with Gasteiger partial charge in [0.15, 0.2) is 17.3 Å². The van der Waals surface area contributed by atoms with E-state index in [0.29, 0.717) is 35.8 Å². The number of aryl methyl sites for hydroxylation is 2. The van der Waals surface area contributed by atoms with E-state index in [2.05, 4.69) is 25.6 Å². The molecule has 0 radical (unpaired) electrons. The largest absolute Gasteiger partial charge is 0.389 e. The number of anilines is 1. The van der Waals surface area contributed by atoms with Crippen molar-refractivity contribution in [2.45, 2.75) is 45.1 Å². The van der Waals surface area contributed by atoms with Gasteiger partial charge in [-0.1, -0.05) is 0 Å². The Kier molecular flexibility index (Phi) is 5.42. The lowest BCUT2D eigenvalue weighted by Crippen LogP contribution is -2.41. The van der Waals surface area contributed by atoms with Crippen LogP contribution in [0.4, 0.5) is 5.82 Å². The predicted octanol–water partition coefficient (Wildman–Crippen LogP) is 1.54. The number of aliphatic hydroxyl groups is 2. The fraction of sp³-hybridized carbons (Fsp3) is 0.385. The molecule has 4 aromatic heterocycles. The van der Waals surface area contributed by atoms with Crippen LogP contribution in [0.3, 0.4) is 0 Å². The van der Waals surface area contributed by atoms with Crippen molar-refractivity contribution < 1.29 is 15.0 Å². The quantitative estimate of drug-likeness (QED) is 0.309. The Morgan fingerprint density at radius 3 is 2.76 bits per heavy atom. The van der Waals surface area contributed by atoms with Crippen LogP contribution in [-0.2, 0) is 11.3 Å². The monoisotopic (exact) mass is 500 g/mol. The van der Waals surface area contributed by atoms with Crippen molar-refractivity contribution in [1.82, 2.24) is 34.8 Å². The van der Waals surface area contributed by atoms with Gasteiger partial charge in [-0.05, 0) is 49.6 Å². The number of amides is 1. The fourth-order valence-electron chi connectivity index (χ4n) is 5.72. The van der Waals surface area contributed by atoms with Crippen molar-refractivity contribution in [2.75, 3.05) is 12.4 Å². The molecule has 11 nitrogen and oxygen atoms in total. The predicted molar refractivity (Wildman–Crippen MR) is 135 cm³/mol. The molecule has 190 valence electrons. The lowest BCUT2D eigenvalue weighted by atomic mass is 9.98. The number of rotatable bonds is 6. The molecule has 11 heteroatoms. The van der Waals surface area contributed by atoms with Crippen LogP contribution >= 0.6 is 0 Å². The molecule has 37 heavy (non-hydrogen) atoms. The van der Waals surface area contributed by atoms with Crippen molar-refractivity contribution >= 4 is 22.9 Å². The number of carbonyl (C=O) groups is 1. The summed E-state index contributed by atoms with van der Waals surface area (Å²) in [5, 5.41) is 27.9. The van der Waals surface area contributed by atoms with Gasteiger partial charge in [0.25, 0.3) is 0 Å². The van der Waals surface area contributed by atoms with Crippen LogP contribution in [0, 0.1) is 25.2 Å². The highest BCUT2D eigenvalue weighted by atomic mass is 16.3. The minimum Gasteiger partial charge on any atom is -0.389 e. The molecule has 2 aliphatic rings. The summed E-state index contributed by atoms with van der Waals surface area (Å²) in [5.41, 5.74) is 3.70. The zero-order valence-electron chi connectivity index (χ0n) is 20.8. The Morgan fingerprint density at radius 1 is 1.16 bits per heavy atom. The Hall–Kier alpha value is -3.96. The van der Waals surface area contributed by atoms with Crippen LogP contribution < -0.4 is 10.6 Å². The summed E-state index contributed by atoms with van der Waals surface area (Å²) in [6, 6.07) is 5.33. The van der Waals surface area contributed by atoms with Crippen LogP contribution in [0.15, 0.2) is 43.1 Å². The third kappa shape index (κ3) is 3.65. The van der Waals surface area contributed by atoms with E-state index >= 15 is 0 Å². The van der Waals surface area contributed by atoms with Crippen LogP contribution in [0.1, 0.15) is 29.3 Å². The Morgan fingerprint density at radius 2 is 2.00 bits per heavy atom. The molecule has 0 aromatic carbocycles. The average molecular weight is 501 g/mol. The summed E-state index contributed by atoms with van der Waals surface area (Å²) in [6.07, 6.45) is 5.00. The molecule has 0 saturated heterocycles. The van der Waals surface area contributed by atoms with Crippen molar-refractivity contribution in [3.8, 4) is 11.4 Å². The first-order valence-corrected chi connectivity index (χ1v) is 12.2. The van der Waals surface area contributed by atoms with E-state index in [-0.39, 0.29) is 11.8 Å². The molecule has 5 atom stereocenters. The zero-order chi connectivity index (χ0) is 25.9. The topological polar surface area (TPSA) is 151 Å². The molecule has 4 N–H and O–H groups in total. The van der Waals surface area contributed by atoms with Crippen molar-refractivity contribution in [2.24, 2.45) is 11.3 Å². The normalized spacial score (nSPS) is 26.2. The van der Waals surface area contributed by atoms with Crippen molar-refractivity contribution in [3.63, 3.8) is 0 Å². The molecule has 0 aliphatic heterocycles. The van der Waals surface area contributed by atoms with Gasteiger partial charge in [-0.15, -0.1) is 0 Å². The van der Waals surface area contributed by atoms with Crippen LogP contribution in [0.5, 0.6) is 0 Å². The standard InChI is InChI=1S/C26H28N8O3/c1-13-4-5-29-16(7-13)11-30-23-18-24(33-22(32-23)15-6-14(2)9-28-10-15)34(12-31-18)19-17-8-26(17,25(37)27-3)21(36)20(19)35/h4-7,9-10,12,17,19-21,35-36H,8,11H2,1-3H3,(H,27,37)(H,30,32,33)/t17-,19?,20+,21+,26-/m1/s1. The van der Waals surface area contributed by atoms with E-state index in [0.717, 1.165) is 22.4 Å². The average Bonchev–Trinajstić information content (AvgIpc) is 3.43. The SMILES string of the molecule is CNC(=O)[C@]12C[C@@H]1C(n1cnc3c(NCc4cc(C)ccn4)nc(-c4cncc(C)c4)nc31)[C@H](O)[C@@H]2O. The summed E-state index contributed by atoms with van der Waals surface area (Å²) in [4.78, 5) is 35.5. The van der Waals surface area contributed by atoms with E-state index < -0.39 is 23.7 Å². The summed E-state index contributed by atoms with van der Waals surface area (Å²) < 4.78 is 1.77. The zero-order valence-corrected chi connectivity index (χ0v) is 20.8. The number of nitrogens with one attached hydrogen (secondary N) is 2. The van der Waals surface area contributed by atoms with Crippen molar-refractivity contribution in [3.05, 3.63) is 59.9 Å². The minimum atomic E-state index is -1.17. The number of hydrogen-bond acceptors (Lipinski definition) is 9. The lowest BCUT2D eigenvalue weighted by molar-refractivity contribution is -0.132. The smallest absolute Gasteiger partial charge is 0.229 e.